The van der Waals surface area contributed by atoms with Crippen molar-refractivity contribution in [3.05, 3.63) is 72.3 Å². The lowest BCUT2D eigenvalue weighted by atomic mass is 10.2. The quantitative estimate of drug-likeness (QED) is 0.294. The molecule has 2 amide bonds. The normalized spacial score (nSPS) is 10.4. The van der Waals surface area contributed by atoms with E-state index < -0.39 is 5.91 Å². The summed E-state index contributed by atoms with van der Waals surface area (Å²) < 4.78 is 26.8. The first-order valence-electron chi connectivity index (χ1n) is 10.9. The Balaban J connectivity index is 1.51. The van der Waals surface area contributed by atoms with Crippen molar-refractivity contribution in [3.63, 3.8) is 0 Å². The highest BCUT2D eigenvalue weighted by Crippen LogP contribution is 2.28. The van der Waals surface area contributed by atoms with E-state index in [0.29, 0.717) is 40.0 Å². The second-order valence-corrected chi connectivity index (χ2v) is 7.18. The van der Waals surface area contributed by atoms with Crippen molar-refractivity contribution < 1.29 is 33.3 Å². The molecule has 0 bridgehead atoms. The van der Waals surface area contributed by atoms with Gasteiger partial charge in [-0.05, 0) is 48.0 Å². The Morgan fingerprint density at radius 3 is 2.00 bits per heavy atom. The summed E-state index contributed by atoms with van der Waals surface area (Å²) >= 11 is 0. The zero-order valence-electron chi connectivity index (χ0n) is 20.1. The predicted molar refractivity (Wildman–Crippen MR) is 134 cm³/mol. The van der Waals surface area contributed by atoms with Gasteiger partial charge in [-0.2, -0.15) is 5.10 Å². The number of para-hydroxylation sites is 4. The molecular weight excluding hydrogens is 466 g/mol. The standard InChI is InChI=1S/C26H27N3O7/c1-32-20-9-5-4-8-19(20)28-25(30)16-35-23-13-12-18(14-24(23)34-3)15-27-29-26(31)17-36-22-11-7-6-10-21(22)33-2/h4-15H,16-17H2,1-3H3,(H,28,30)(H,29,31)/b27-15+. The molecule has 10 nitrogen and oxygen atoms in total. The number of carbonyl (C=O) groups excluding carboxylic acids is 2. The smallest absolute Gasteiger partial charge is 0.277 e. The summed E-state index contributed by atoms with van der Waals surface area (Å²) in [6.45, 7) is -0.463. The minimum atomic E-state index is -0.440. The van der Waals surface area contributed by atoms with Gasteiger partial charge in [-0.1, -0.05) is 24.3 Å². The Morgan fingerprint density at radius 2 is 1.31 bits per heavy atom. The van der Waals surface area contributed by atoms with Crippen LogP contribution in [-0.2, 0) is 9.59 Å². The molecule has 188 valence electrons. The number of anilines is 1. The van der Waals surface area contributed by atoms with Crippen LogP contribution in [0.25, 0.3) is 0 Å². The molecule has 0 atom stereocenters. The molecule has 0 radical (unpaired) electrons. The van der Waals surface area contributed by atoms with Crippen LogP contribution in [0.4, 0.5) is 5.69 Å². The summed E-state index contributed by atoms with van der Waals surface area (Å²) in [7, 11) is 4.53. The fourth-order valence-electron chi connectivity index (χ4n) is 3.05. The van der Waals surface area contributed by atoms with E-state index in [1.807, 2.05) is 6.07 Å². The number of nitrogens with zero attached hydrogens (tertiary/aromatic N) is 1. The molecule has 3 aromatic rings. The van der Waals surface area contributed by atoms with Crippen LogP contribution >= 0.6 is 0 Å². The number of nitrogens with one attached hydrogen (secondary N) is 2. The summed E-state index contributed by atoms with van der Waals surface area (Å²) in [4.78, 5) is 24.3. The van der Waals surface area contributed by atoms with Crippen molar-refractivity contribution in [1.29, 1.82) is 0 Å². The topological polar surface area (TPSA) is 117 Å². The lowest BCUT2D eigenvalue weighted by Gasteiger charge is -2.12. The minimum absolute atomic E-state index is 0.231. The van der Waals surface area contributed by atoms with Crippen LogP contribution in [0.3, 0.4) is 0 Å². The maximum atomic E-state index is 12.3. The second kappa shape index (κ2) is 13.2. The first-order chi connectivity index (χ1) is 17.5. The van der Waals surface area contributed by atoms with Crippen LogP contribution in [-0.4, -0.2) is 52.6 Å². The molecule has 2 N–H and O–H groups in total. The molecule has 0 saturated heterocycles. The Morgan fingerprint density at radius 1 is 0.722 bits per heavy atom. The average molecular weight is 494 g/mol. The van der Waals surface area contributed by atoms with Crippen LogP contribution in [0, 0.1) is 0 Å². The van der Waals surface area contributed by atoms with Crippen molar-refractivity contribution in [2.45, 2.75) is 0 Å². The first-order valence-corrected chi connectivity index (χ1v) is 10.9. The van der Waals surface area contributed by atoms with Gasteiger partial charge < -0.3 is 29.0 Å². The number of ether oxygens (including phenoxy) is 5. The maximum absolute atomic E-state index is 12.3. The molecule has 0 saturated carbocycles. The summed E-state index contributed by atoms with van der Waals surface area (Å²) in [5.74, 6) is 1.51. The van der Waals surface area contributed by atoms with Crippen molar-refractivity contribution in [2.24, 2.45) is 5.10 Å². The van der Waals surface area contributed by atoms with Crippen LogP contribution in [0.15, 0.2) is 71.8 Å². The highest BCUT2D eigenvalue weighted by molar-refractivity contribution is 5.93. The molecule has 0 spiro atoms. The Hall–Kier alpha value is -4.73. The zero-order valence-corrected chi connectivity index (χ0v) is 20.1. The molecule has 0 aromatic heterocycles. The molecule has 10 heteroatoms. The molecule has 0 aliphatic carbocycles. The number of amides is 2. The third-order valence-corrected chi connectivity index (χ3v) is 4.76. The van der Waals surface area contributed by atoms with Crippen LogP contribution in [0.2, 0.25) is 0 Å². The number of carbonyl (C=O) groups is 2. The SMILES string of the molecule is COc1ccccc1NC(=O)COc1ccc(/C=N/NC(=O)COc2ccccc2OC)cc1OC. The molecule has 0 aliphatic rings. The van der Waals surface area contributed by atoms with Gasteiger partial charge in [0, 0.05) is 0 Å². The summed E-state index contributed by atoms with van der Waals surface area (Å²) in [6.07, 6.45) is 1.45. The molecule has 0 heterocycles. The average Bonchev–Trinajstić information content (AvgIpc) is 2.91. The van der Waals surface area contributed by atoms with Gasteiger partial charge in [0.1, 0.15) is 5.75 Å². The number of rotatable bonds is 12. The fraction of sp³-hybridized carbons (Fsp3) is 0.192. The highest BCUT2D eigenvalue weighted by atomic mass is 16.5. The van der Waals surface area contributed by atoms with Gasteiger partial charge in [0.05, 0.1) is 33.2 Å². The Bertz CT molecular complexity index is 1210. The lowest BCUT2D eigenvalue weighted by Crippen LogP contribution is -2.24. The van der Waals surface area contributed by atoms with E-state index in [9.17, 15) is 9.59 Å². The Kier molecular flexibility index (Phi) is 9.51. The van der Waals surface area contributed by atoms with Crippen LogP contribution in [0.1, 0.15) is 5.56 Å². The highest BCUT2D eigenvalue weighted by Gasteiger charge is 2.11. The van der Waals surface area contributed by atoms with E-state index in [0.717, 1.165) is 0 Å². The molecule has 0 unspecified atom stereocenters. The van der Waals surface area contributed by atoms with E-state index in [1.54, 1.807) is 60.7 Å². The van der Waals surface area contributed by atoms with Gasteiger partial charge in [0.15, 0.2) is 36.2 Å². The number of methoxy groups -OCH3 is 3. The fourth-order valence-corrected chi connectivity index (χ4v) is 3.05. The molecular formula is C26H27N3O7. The van der Waals surface area contributed by atoms with Gasteiger partial charge >= 0.3 is 0 Å². The number of benzene rings is 3. The predicted octanol–water partition coefficient (Wildman–Crippen LogP) is 3.26. The maximum Gasteiger partial charge on any atom is 0.277 e. The van der Waals surface area contributed by atoms with Crippen LogP contribution < -0.4 is 34.4 Å². The molecule has 36 heavy (non-hydrogen) atoms. The monoisotopic (exact) mass is 493 g/mol. The Labute approximate surface area is 208 Å². The van der Waals surface area contributed by atoms with E-state index in [4.69, 9.17) is 23.7 Å². The molecule has 3 rings (SSSR count). The number of hydrogen-bond donors (Lipinski definition) is 2. The van der Waals surface area contributed by atoms with Crippen molar-refractivity contribution in [3.8, 4) is 28.7 Å². The van der Waals surface area contributed by atoms with Gasteiger partial charge in [-0.15, -0.1) is 0 Å². The van der Waals surface area contributed by atoms with Gasteiger partial charge in [0.25, 0.3) is 11.8 Å². The zero-order chi connectivity index (χ0) is 25.8. The third-order valence-electron chi connectivity index (χ3n) is 4.76. The van der Waals surface area contributed by atoms with E-state index in [2.05, 4.69) is 15.8 Å². The van der Waals surface area contributed by atoms with E-state index in [-0.39, 0.29) is 19.1 Å². The van der Waals surface area contributed by atoms with Crippen molar-refractivity contribution in [2.75, 3.05) is 39.9 Å². The lowest BCUT2D eigenvalue weighted by molar-refractivity contribution is -0.123. The summed E-state index contributed by atoms with van der Waals surface area (Å²) in [5.41, 5.74) is 3.58. The van der Waals surface area contributed by atoms with Crippen LogP contribution in [0.5, 0.6) is 28.7 Å². The number of hydrazone groups is 1. The van der Waals surface area contributed by atoms with Gasteiger partial charge in [0.2, 0.25) is 0 Å². The number of hydrogen-bond acceptors (Lipinski definition) is 8. The molecule has 3 aromatic carbocycles. The van der Waals surface area contributed by atoms with E-state index in [1.165, 1.54) is 27.5 Å². The molecule has 0 aliphatic heterocycles. The van der Waals surface area contributed by atoms with Gasteiger partial charge in [-0.3, -0.25) is 9.59 Å². The van der Waals surface area contributed by atoms with E-state index >= 15 is 0 Å². The first kappa shape index (κ1) is 25.9. The largest absolute Gasteiger partial charge is 0.495 e. The molecule has 0 fully saturated rings. The summed E-state index contributed by atoms with van der Waals surface area (Å²) in [5, 5.41) is 6.67. The van der Waals surface area contributed by atoms with Crippen molar-refractivity contribution >= 4 is 23.7 Å². The van der Waals surface area contributed by atoms with Crippen molar-refractivity contribution in [1.82, 2.24) is 5.43 Å². The van der Waals surface area contributed by atoms with Gasteiger partial charge in [-0.25, -0.2) is 5.43 Å². The second-order valence-electron chi connectivity index (χ2n) is 7.18. The minimum Gasteiger partial charge on any atom is -0.495 e. The third kappa shape index (κ3) is 7.39. The summed E-state index contributed by atoms with van der Waals surface area (Å²) in [6, 6.07) is 19.1.